The van der Waals surface area contributed by atoms with Gasteiger partial charge in [-0.05, 0) is 26.7 Å². The standard InChI is InChI=1S/C20H35N5O/c1-16(2)18-14-19(22-17(3)21-18)24-8-6-23(7-9-24)15-20(4,5)25-10-12-26-13-11-25/h14,16H,6-13,15H2,1-5H3. The average Bonchev–Trinajstić information content (AvgIpc) is 2.62. The van der Waals surface area contributed by atoms with E-state index in [1.54, 1.807) is 0 Å². The third kappa shape index (κ3) is 4.72. The van der Waals surface area contributed by atoms with Crippen LogP contribution in [0.25, 0.3) is 0 Å². The molecule has 3 rings (SSSR count). The van der Waals surface area contributed by atoms with Crippen LogP contribution in [0.3, 0.4) is 0 Å². The van der Waals surface area contributed by atoms with Gasteiger partial charge in [0.25, 0.3) is 0 Å². The fourth-order valence-corrected chi connectivity index (χ4v) is 3.98. The molecule has 0 radical (unpaired) electrons. The molecule has 146 valence electrons. The molecule has 0 aromatic carbocycles. The fourth-order valence-electron chi connectivity index (χ4n) is 3.98. The number of hydrogen-bond acceptors (Lipinski definition) is 6. The minimum atomic E-state index is 0.197. The highest BCUT2D eigenvalue weighted by molar-refractivity contribution is 5.41. The highest BCUT2D eigenvalue weighted by atomic mass is 16.5. The molecular formula is C20H35N5O. The van der Waals surface area contributed by atoms with Gasteiger partial charge in [0, 0.05) is 63.1 Å². The summed E-state index contributed by atoms with van der Waals surface area (Å²) in [7, 11) is 0. The van der Waals surface area contributed by atoms with Crippen molar-refractivity contribution in [1.29, 1.82) is 0 Å². The Morgan fingerprint density at radius 2 is 1.69 bits per heavy atom. The summed E-state index contributed by atoms with van der Waals surface area (Å²) in [5.41, 5.74) is 1.34. The third-order valence-corrected chi connectivity index (χ3v) is 5.61. The lowest BCUT2D eigenvalue weighted by molar-refractivity contribution is -0.0221. The molecule has 6 heteroatoms. The second kappa shape index (κ2) is 8.19. The molecule has 2 fully saturated rings. The first-order chi connectivity index (χ1) is 12.3. The molecule has 3 heterocycles. The summed E-state index contributed by atoms with van der Waals surface area (Å²) in [5.74, 6) is 2.40. The number of nitrogens with zero attached hydrogens (tertiary/aromatic N) is 5. The number of anilines is 1. The van der Waals surface area contributed by atoms with Gasteiger partial charge in [-0.1, -0.05) is 13.8 Å². The maximum atomic E-state index is 5.51. The normalized spacial score (nSPS) is 20.8. The van der Waals surface area contributed by atoms with Gasteiger partial charge in [-0.15, -0.1) is 0 Å². The Kier molecular flexibility index (Phi) is 6.15. The average molecular weight is 362 g/mol. The predicted molar refractivity (Wildman–Crippen MR) is 106 cm³/mol. The first-order valence-electron chi connectivity index (χ1n) is 10.0. The largest absolute Gasteiger partial charge is 0.379 e. The van der Waals surface area contributed by atoms with Crippen LogP contribution in [-0.2, 0) is 4.74 Å². The molecule has 2 aliphatic rings. The summed E-state index contributed by atoms with van der Waals surface area (Å²) in [6.45, 7) is 20.3. The van der Waals surface area contributed by atoms with Gasteiger partial charge in [0.1, 0.15) is 11.6 Å². The van der Waals surface area contributed by atoms with E-state index in [2.05, 4.69) is 58.4 Å². The van der Waals surface area contributed by atoms with E-state index < -0.39 is 0 Å². The topological polar surface area (TPSA) is 44.7 Å². The Balaban J connectivity index is 1.57. The minimum Gasteiger partial charge on any atom is -0.379 e. The molecule has 0 unspecified atom stereocenters. The van der Waals surface area contributed by atoms with Crippen LogP contribution in [0, 0.1) is 6.92 Å². The molecule has 1 aromatic heterocycles. The van der Waals surface area contributed by atoms with Crippen molar-refractivity contribution in [3.8, 4) is 0 Å². The van der Waals surface area contributed by atoms with E-state index in [-0.39, 0.29) is 5.54 Å². The van der Waals surface area contributed by atoms with Crippen molar-refractivity contribution in [3.63, 3.8) is 0 Å². The second-order valence-corrected chi connectivity index (χ2v) is 8.53. The predicted octanol–water partition coefficient (Wildman–Crippen LogP) is 2.14. The van der Waals surface area contributed by atoms with Crippen molar-refractivity contribution >= 4 is 5.82 Å². The quantitative estimate of drug-likeness (QED) is 0.801. The molecule has 2 saturated heterocycles. The monoisotopic (exact) mass is 361 g/mol. The number of rotatable bonds is 5. The van der Waals surface area contributed by atoms with Crippen molar-refractivity contribution in [2.75, 3.05) is 63.9 Å². The highest BCUT2D eigenvalue weighted by Crippen LogP contribution is 2.22. The van der Waals surface area contributed by atoms with E-state index in [1.165, 1.54) is 0 Å². The number of ether oxygens (including phenoxy) is 1. The third-order valence-electron chi connectivity index (χ3n) is 5.61. The fraction of sp³-hybridized carbons (Fsp3) is 0.800. The van der Waals surface area contributed by atoms with Crippen molar-refractivity contribution < 1.29 is 4.74 Å². The number of piperazine rings is 1. The van der Waals surface area contributed by atoms with E-state index in [4.69, 9.17) is 4.74 Å². The molecule has 6 nitrogen and oxygen atoms in total. The molecule has 0 aliphatic carbocycles. The molecule has 0 saturated carbocycles. The van der Waals surface area contributed by atoms with Crippen LogP contribution < -0.4 is 4.90 Å². The van der Waals surface area contributed by atoms with Crippen molar-refractivity contribution in [2.24, 2.45) is 0 Å². The van der Waals surface area contributed by atoms with Crippen LogP contribution in [0.5, 0.6) is 0 Å². The molecule has 2 aliphatic heterocycles. The maximum absolute atomic E-state index is 5.51. The van der Waals surface area contributed by atoms with Gasteiger partial charge in [0.2, 0.25) is 0 Å². The molecule has 0 atom stereocenters. The van der Waals surface area contributed by atoms with Crippen LogP contribution in [0.1, 0.15) is 45.1 Å². The zero-order valence-electron chi connectivity index (χ0n) is 17.2. The lowest BCUT2D eigenvalue weighted by atomic mass is 10.0. The van der Waals surface area contributed by atoms with E-state index in [0.29, 0.717) is 5.92 Å². The lowest BCUT2D eigenvalue weighted by Gasteiger charge is -2.45. The Labute approximate surface area is 158 Å². The maximum Gasteiger partial charge on any atom is 0.132 e. The van der Waals surface area contributed by atoms with E-state index in [9.17, 15) is 0 Å². The minimum absolute atomic E-state index is 0.197. The van der Waals surface area contributed by atoms with Crippen LogP contribution >= 0.6 is 0 Å². The molecule has 0 N–H and O–H groups in total. The van der Waals surface area contributed by atoms with E-state index in [0.717, 1.165) is 76.4 Å². The van der Waals surface area contributed by atoms with Crippen LogP contribution in [-0.4, -0.2) is 84.3 Å². The summed E-state index contributed by atoms with van der Waals surface area (Å²) in [5, 5.41) is 0. The van der Waals surface area contributed by atoms with Gasteiger partial charge in [-0.25, -0.2) is 9.97 Å². The molecule has 26 heavy (non-hydrogen) atoms. The highest BCUT2D eigenvalue weighted by Gasteiger charge is 2.31. The van der Waals surface area contributed by atoms with E-state index >= 15 is 0 Å². The summed E-state index contributed by atoms with van der Waals surface area (Å²) in [4.78, 5) is 16.9. The van der Waals surface area contributed by atoms with Crippen LogP contribution in [0.2, 0.25) is 0 Å². The summed E-state index contributed by atoms with van der Waals surface area (Å²) in [6.07, 6.45) is 0. The SMILES string of the molecule is Cc1nc(C(C)C)cc(N2CCN(CC(C)(C)N3CCOCC3)CC2)n1. The van der Waals surface area contributed by atoms with Gasteiger partial charge in [0.05, 0.1) is 13.2 Å². The first-order valence-corrected chi connectivity index (χ1v) is 10.0. The number of aromatic nitrogens is 2. The Morgan fingerprint density at radius 3 is 2.31 bits per heavy atom. The number of hydrogen-bond donors (Lipinski definition) is 0. The number of aryl methyl sites for hydroxylation is 1. The zero-order chi connectivity index (χ0) is 18.7. The zero-order valence-corrected chi connectivity index (χ0v) is 17.2. The van der Waals surface area contributed by atoms with Gasteiger partial charge in [-0.2, -0.15) is 0 Å². The second-order valence-electron chi connectivity index (χ2n) is 8.53. The summed E-state index contributed by atoms with van der Waals surface area (Å²) in [6, 6.07) is 2.17. The smallest absolute Gasteiger partial charge is 0.132 e. The van der Waals surface area contributed by atoms with Gasteiger partial charge >= 0.3 is 0 Å². The first kappa shape index (κ1) is 19.5. The summed E-state index contributed by atoms with van der Waals surface area (Å²) < 4.78 is 5.51. The van der Waals surface area contributed by atoms with Gasteiger partial charge in [-0.3, -0.25) is 9.80 Å². The van der Waals surface area contributed by atoms with E-state index in [1.807, 2.05) is 6.92 Å². The lowest BCUT2D eigenvalue weighted by Crippen LogP contribution is -2.58. The molecule has 1 aromatic rings. The molecule has 0 bridgehead atoms. The van der Waals surface area contributed by atoms with Crippen LogP contribution in [0.4, 0.5) is 5.82 Å². The number of morpholine rings is 1. The summed E-state index contributed by atoms with van der Waals surface area (Å²) >= 11 is 0. The Hall–Kier alpha value is -1.24. The Bertz CT molecular complexity index is 590. The van der Waals surface area contributed by atoms with Crippen molar-refractivity contribution in [3.05, 3.63) is 17.6 Å². The van der Waals surface area contributed by atoms with Gasteiger partial charge in [0.15, 0.2) is 0 Å². The van der Waals surface area contributed by atoms with Crippen LogP contribution in [0.15, 0.2) is 6.07 Å². The molecule has 0 spiro atoms. The Morgan fingerprint density at radius 1 is 1.04 bits per heavy atom. The van der Waals surface area contributed by atoms with Crippen molar-refractivity contribution in [2.45, 2.75) is 46.1 Å². The molecular weight excluding hydrogens is 326 g/mol. The molecule has 0 amide bonds. The van der Waals surface area contributed by atoms with Crippen molar-refractivity contribution in [1.82, 2.24) is 19.8 Å². The van der Waals surface area contributed by atoms with Gasteiger partial charge < -0.3 is 9.64 Å².